The molecule has 3 nitrogen and oxygen atoms in total. The number of pyridine rings is 1. The second-order valence-corrected chi connectivity index (χ2v) is 5.61. The van der Waals surface area contributed by atoms with Gasteiger partial charge in [0.1, 0.15) is 5.75 Å². The maximum atomic E-state index is 5.94. The van der Waals surface area contributed by atoms with Gasteiger partial charge in [0.2, 0.25) is 5.88 Å². The molecule has 0 spiro atoms. The highest BCUT2D eigenvalue weighted by atomic mass is 16.5. The molecule has 1 heterocycles. The molecule has 21 heavy (non-hydrogen) atoms. The minimum Gasteiger partial charge on any atom is -0.439 e. The summed E-state index contributed by atoms with van der Waals surface area (Å²) in [6.07, 6.45) is 3.57. The van der Waals surface area contributed by atoms with Crippen molar-refractivity contribution in [3.05, 3.63) is 53.2 Å². The van der Waals surface area contributed by atoms with E-state index < -0.39 is 0 Å². The van der Waals surface area contributed by atoms with Gasteiger partial charge in [-0.25, -0.2) is 4.98 Å². The average Bonchev–Trinajstić information content (AvgIpc) is 3.31. The molecular weight excluding hydrogens is 260 g/mol. The van der Waals surface area contributed by atoms with Crippen molar-refractivity contribution in [3.8, 4) is 11.6 Å². The van der Waals surface area contributed by atoms with Crippen molar-refractivity contribution >= 4 is 0 Å². The molecule has 1 N–H and O–H groups in total. The van der Waals surface area contributed by atoms with E-state index in [9.17, 15) is 0 Å². The molecular formula is C18H22N2O. The number of benzene rings is 1. The van der Waals surface area contributed by atoms with Crippen molar-refractivity contribution < 1.29 is 4.74 Å². The lowest BCUT2D eigenvalue weighted by atomic mass is 10.1. The van der Waals surface area contributed by atoms with Crippen LogP contribution in [0.4, 0.5) is 0 Å². The Morgan fingerprint density at radius 1 is 1.14 bits per heavy atom. The maximum absolute atomic E-state index is 5.94. The van der Waals surface area contributed by atoms with E-state index in [0.29, 0.717) is 5.88 Å². The van der Waals surface area contributed by atoms with Crippen molar-refractivity contribution in [1.82, 2.24) is 10.3 Å². The first-order valence-corrected chi connectivity index (χ1v) is 7.72. The van der Waals surface area contributed by atoms with Gasteiger partial charge in [0.15, 0.2) is 0 Å². The predicted octanol–water partition coefficient (Wildman–Crippen LogP) is 4.00. The zero-order valence-electron chi connectivity index (χ0n) is 12.7. The van der Waals surface area contributed by atoms with E-state index in [1.54, 1.807) is 0 Å². The van der Waals surface area contributed by atoms with Crippen molar-refractivity contribution in [1.29, 1.82) is 0 Å². The Balaban J connectivity index is 1.71. The zero-order chi connectivity index (χ0) is 14.7. The van der Waals surface area contributed by atoms with Crippen LogP contribution in [0.15, 0.2) is 36.4 Å². The topological polar surface area (TPSA) is 34.1 Å². The number of aromatic nitrogens is 1. The summed E-state index contributed by atoms with van der Waals surface area (Å²) in [5.74, 6) is 1.57. The lowest BCUT2D eigenvalue weighted by Crippen LogP contribution is -2.16. The molecule has 0 amide bonds. The summed E-state index contributed by atoms with van der Waals surface area (Å²) in [5, 5.41) is 3.52. The highest BCUT2D eigenvalue weighted by Gasteiger charge is 2.20. The molecule has 1 fully saturated rings. The van der Waals surface area contributed by atoms with Gasteiger partial charge >= 0.3 is 0 Å². The third kappa shape index (κ3) is 3.61. The van der Waals surface area contributed by atoms with E-state index in [1.165, 1.54) is 24.0 Å². The number of hydrogen-bond acceptors (Lipinski definition) is 3. The van der Waals surface area contributed by atoms with E-state index in [2.05, 4.69) is 29.4 Å². The first-order valence-electron chi connectivity index (χ1n) is 7.72. The molecule has 1 aromatic heterocycles. The zero-order valence-corrected chi connectivity index (χ0v) is 12.7. The van der Waals surface area contributed by atoms with Crippen LogP contribution in [0, 0.1) is 6.92 Å². The monoisotopic (exact) mass is 282 g/mol. The lowest BCUT2D eigenvalue weighted by molar-refractivity contribution is 0.455. The Morgan fingerprint density at radius 2 is 1.95 bits per heavy atom. The Kier molecular flexibility index (Phi) is 4.20. The van der Waals surface area contributed by atoms with Crippen molar-refractivity contribution in [3.63, 3.8) is 0 Å². The van der Waals surface area contributed by atoms with Gasteiger partial charge in [-0.05, 0) is 43.4 Å². The molecule has 0 radical (unpaired) electrons. The van der Waals surface area contributed by atoms with Gasteiger partial charge in [0.05, 0.1) is 0 Å². The van der Waals surface area contributed by atoms with E-state index in [0.717, 1.165) is 30.5 Å². The quantitative estimate of drug-likeness (QED) is 0.869. The number of hydrogen-bond donors (Lipinski definition) is 1. The molecule has 0 atom stereocenters. The summed E-state index contributed by atoms with van der Waals surface area (Å²) in [5.41, 5.74) is 3.49. The Labute approximate surface area is 126 Å². The van der Waals surface area contributed by atoms with Crippen molar-refractivity contribution in [2.24, 2.45) is 0 Å². The van der Waals surface area contributed by atoms with Crippen LogP contribution in [-0.4, -0.2) is 11.0 Å². The normalized spacial score (nSPS) is 14.2. The molecule has 0 saturated heterocycles. The number of nitrogens with zero attached hydrogens (tertiary/aromatic N) is 1. The SMILES string of the molecule is CCc1ccccc1Oc1ccc(CNC2CC2)c(C)n1. The van der Waals surface area contributed by atoms with Crippen LogP contribution in [0.2, 0.25) is 0 Å². The van der Waals surface area contributed by atoms with Crippen molar-refractivity contribution in [2.45, 2.75) is 45.7 Å². The number of aryl methyl sites for hydroxylation is 2. The molecule has 1 saturated carbocycles. The number of nitrogens with one attached hydrogen (secondary N) is 1. The summed E-state index contributed by atoms with van der Waals surface area (Å²) in [6.45, 7) is 5.07. The van der Waals surface area contributed by atoms with Crippen LogP contribution < -0.4 is 10.1 Å². The maximum Gasteiger partial charge on any atom is 0.219 e. The Hall–Kier alpha value is -1.87. The van der Waals surface area contributed by atoms with Crippen LogP contribution in [0.5, 0.6) is 11.6 Å². The first-order chi connectivity index (χ1) is 10.3. The third-order valence-electron chi connectivity index (χ3n) is 3.90. The van der Waals surface area contributed by atoms with Gasteiger partial charge < -0.3 is 10.1 Å². The summed E-state index contributed by atoms with van der Waals surface area (Å²) < 4.78 is 5.94. The Morgan fingerprint density at radius 3 is 2.67 bits per heavy atom. The highest BCUT2D eigenvalue weighted by molar-refractivity contribution is 5.37. The van der Waals surface area contributed by atoms with Crippen LogP contribution in [0.3, 0.4) is 0 Å². The fourth-order valence-corrected chi connectivity index (χ4v) is 2.36. The Bertz CT molecular complexity index is 620. The fourth-order valence-electron chi connectivity index (χ4n) is 2.36. The van der Waals surface area contributed by atoms with Gasteiger partial charge in [-0.3, -0.25) is 0 Å². The average molecular weight is 282 g/mol. The van der Waals surface area contributed by atoms with E-state index in [-0.39, 0.29) is 0 Å². The molecule has 2 aromatic rings. The molecule has 1 aromatic carbocycles. The third-order valence-corrected chi connectivity index (χ3v) is 3.90. The molecule has 110 valence electrons. The molecule has 0 unspecified atom stereocenters. The van der Waals surface area contributed by atoms with Gasteiger partial charge in [-0.1, -0.05) is 31.2 Å². The number of rotatable bonds is 6. The molecule has 1 aliphatic carbocycles. The second-order valence-electron chi connectivity index (χ2n) is 5.61. The van der Waals surface area contributed by atoms with Gasteiger partial charge in [-0.2, -0.15) is 0 Å². The summed E-state index contributed by atoms with van der Waals surface area (Å²) in [4.78, 5) is 4.58. The summed E-state index contributed by atoms with van der Waals surface area (Å²) >= 11 is 0. The number of para-hydroxylation sites is 1. The molecule has 0 aliphatic heterocycles. The van der Waals surface area contributed by atoms with Gasteiger partial charge in [0, 0.05) is 24.3 Å². The second kappa shape index (κ2) is 6.27. The van der Waals surface area contributed by atoms with E-state index >= 15 is 0 Å². The minimum atomic E-state index is 0.670. The van der Waals surface area contributed by atoms with Crippen LogP contribution in [0.1, 0.15) is 36.6 Å². The van der Waals surface area contributed by atoms with Gasteiger partial charge in [-0.15, -0.1) is 0 Å². The first kappa shape index (κ1) is 14.1. The smallest absolute Gasteiger partial charge is 0.219 e. The van der Waals surface area contributed by atoms with Gasteiger partial charge in [0.25, 0.3) is 0 Å². The van der Waals surface area contributed by atoms with Crippen LogP contribution in [-0.2, 0) is 13.0 Å². The summed E-state index contributed by atoms with van der Waals surface area (Å²) in [6, 6.07) is 12.9. The van der Waals surface area contributed by atoms with E-state index in [1.807, 2.05) is 31.2 Å². The molecule has 3 heteroatoms. The lowest BCUT2D eigenvalue weighted by Gasteiger charge is -2.11. The fraction of sp³-hybridized carbons (Fsp3) is 0.389. The number of ether oxygens (including phenoxy) is 1. The van der Waals surface area contributed by atoms with Crippen LogP contribution >= 0.6 is 0 Å². The van der Waals surface area contributed by atoms with Crippen LogP contribution in [0.25, 0.3) is 0 Å². The van der Waals surface area contributed by atoms with E-state index in [4.69, 9.17) is 4.74 Å². The molecule has 1 aliphatic rings. The highest BCUT2D eigenvalue weighted by Crippen LogP contribution is 2.25. The molecule has 0 bridgehead atoms. The standard InChI is InChI=1S/C18H22N2O/c1-3-14-6-4-5-7-17(14)21-18-11-8-15(13(2)20-18)12-19-16-9-10-16/h4-8,11,16,19H,3,9-10,12H2,1-2H3. The van der Waals surface area contributed by atoms with Crippen molar-refractivity contribution in [2.75, 3.05) is 0 Å². The molecule has 3 rings (SSSR count). The largest absolute Gasteiger partial charge is 0.439 e. The predicted molar refractivity (Wildman–Crippen MR) is 84.7 cm³/mol. The minimum absolute atomic E-state index is 0.670. The summed E-state index contributed by atoms with van der Waals surface area (Å²) in [7, 11) is 0.